The third-order valence-corrected chi connectivity index (χ3v) is 4.76. The monoisotopic (exact) mass is 290 g/mol. The van der Waals surface area contributed by atoms with Gasteiger partial charge in [-0.2, -0.15) is 0 Å². The van der Waals surface area contributed by atoms with Gasteiger partial charge < -0.3 is 15.3 Å². The highest BCUT2D eigenvalue weighted by Gasteiger charge is 2.30. The number of carbonyl (C=O) groups is 1. The Morgan fingerprint density at radius 3 is 3.05 bits per heavy atom. The second-order valence-electron chi connectivity index (χ2n) is 5.30. The predicted molar refractivity (Wildman–Crippen MR) is 80.7 cm³/mol. The molecule has 106 valence electrons. The van der Waals surface area contributed by atoms with Crippen LogP contribution in [0.15, 0.2) is 29.6 Å². The zero-order valence-electron chi connectivity index (χ0n) is 11.4. The lowest BCUT2D eigenvalue weighted by Gasteiger charge is -2.21. The number of β-amino-alcohol motifs (C(OH)–C–C–N with tert-alkyl or cyclic N) is 1. The Kier molecular flexibility index (Phi) is 3.74. The van der Waals surface area contributed by atoms with Gasteiger partial charge in [0.05, 0.1) is 12.1 Å². The van der Waals surface area contributed by atoms with Crippen molar-refractivity contribution in [3.8, 4) is 0 Å². The number of aliphatic hydroxyl groups is 1. The van der Waals surface area contributed by atoms with Crippen LogP contribution in [0.1, 0.15) is 12.0 Å². The van der Waals surface area contributed by atoms with Crippen molar-refractivity contribution >= 4 is 27.3 Å². The number of nitrogens with one attached hydrogen (secondary N) is 1. The van der Waals surface area contributed by atoms with Gasteiger partial charge in [-0.05, 0) is 28.8 Å². The Morgan fingerprint density at radius 1 is 1.50 bits per heavy atom. The van der Waals surface area contributed by atoms with Crippen LogP contribution in [-0.2, 0) is 11.3 Å². The Balaban J connectivity index is 1.72. The molecule has 20 heavy (non-hydrogen) atoms. The van der Waals surface area contributed by atoms with Crippen LogP contribution in [0.25, 0.3) is 10.1 Å². The van der Waals surface area contributed by atoms with Crippen LogP contribution in [0.5, 0.6) is 0 Å². The Hall–Kier alpha value is -1.43. The van der Waals surface area contributed by atoms with Crippen molar-refractivity contribution in [1.29, 1.82) is 0 Å². The number of rotatable bonds is 3. The maximum absolute atomic E-state index is 12.3. The molecule has 1 fully saturated rings. The minimum atomic E-state index is -0.403. The molecule has 1 aromatic heterocycles. The zero-order chi connectivity index (χ0) is 14.1. The van der Waals surface area contributed by atoms with Crippen molar-refractivity contribution in [3.05, 3.63) is 35.2 Å². The van der Waals surface area contributed by atoms with Crippen molar-refractivity contribution in [2.24, 2.45) is 0 Å². The van der Waals surface area contributed by atoms with E-state index in [1.165, 1.54) is 15.6 Å². The quantitative estimate of drug-likeness (QED) is 0.902. The molecule has 4 nitrogen and oxygen atoms in total. The van der Waals surface area contributed by atoms with Crippen LogP contribution >= 0.6 is 11.3 Å². The van der Waals surface area contributed by atoms with Crippen molar-refractivity contribution in [3.63, 3.8) is 0 Å². The van der Waals surface area contributed by atoms with E-state index in [1.807, 2.05) is 19.2 Å². The Morgan fingerprint density at radius 2 is 2.30 bits per heavy atom. The molecule has 0 unspecified atom stereocenters. The molecule has 2 aromatic rings. The molecule has 0 radical (unpaired) electrons. The molecule has 3 rings (SSSR count). The molecule has 1 aliphatic rings. The molecule has 5 heteroatoms. The first kappa shape index (κ1) is 13.5. The van der Waals surface area contributed by atoms with E-state index in [0.29, 0.717) is 19.5 Å². The van der Waals surface area contributed by atoms with E-state index < -0.39 is 6.10 Å². The first-order valence-corrected chi connectivity index (χ1v) is 7.64. The summed E-state index contributed by atoms with van der Waals surface area (Å²) >= 11 is 1.71. The average Bonchev–Trinajstić information content (AvgIpc) is 3.05. The van der Waals surface area contributed by atoms with E-state index in [9.17, 15) is 9.90 Å². The van der Waals surface area contributed by atoms with Crippen molar-refractivity contribution in [2.75, 3.05) is 13.6 Å². The SMILES string of the molecule is CN(Cc1csc2ccccc12)C(=O)[C@H]1C[C@@H](O)CN1. The highest BCUT2D eigenvalue weighted by atomic mass is 32.1. The van der Waals surface area contributed by atoms with Gasteiger partial charge in [0.1, 0.15) is 0 Å². The summed E-state index contributed by atoms with van der Waals surface area (Å²) in [6.07, 6.45) is 0.104. The number of aliphatic hydroxyl groups excluding tert-OH is 1. The summed E-state index contributed by atoms with van der Waals surface area (Å²) in [5, 5.41) is 15.9. The first-order chi connectivity index (χ1) is 9.65. The Labute approximate surface area is 122 Å². The van der Waals surface area contributed by atoms with Gasteiger partial charge in [0.25, 0.3) is 0 Å². The van der Waals surface area contributed by atoms with Crippen molar-refractivity contribution < 1.29 is 9.90 Å². The van der Waals surface area contributed by atoms with Crippen LogP contribution in [0.2, 0.25) is 0 Å². The third kappa shape index (κ3) is 2.57. The molecule has 0 bridgehead atoms. The van der Waals surface area contributed by atoms with Gasteiger partial charge in [0.15, 0.2) is 0 Å². The summed E-state index contributed by atoms with van der Waals surface area (Å²) in [6.45, 7) is 1.11. The summed E-state index contributed by atoms with van der Waals surface area (Å²) in [7, 11) is 1.82. The number of nitrogens with zero attached hydrogens (tertiary/aromatic N) is 1. The number of hydrogen-bond acceptors (Lipinski definition) is 4. The van der Waals surface area contributed by atoms with Gasteiger partial charge in [0, 0.05) is 24.8 Å². The minimum absolute atomic E-state index is 0.0526. The molecular formula is C15H18N2O2S. The molecule has 2 atom stereocenters. The van der Waals surface area contributed by atoms with Crippen molar-refractivity contribution in [1.82, 2.24) is 10.2 Å². The number of carbonyl (C=O) groups excluding carboxylic acids is 1. The number of fused-ring (bicyclic) bond motifs is 1. The van der Waals surface area contributed by atoms with Crippen LogP contribution < -0.4 is 5.32 Å². The van der Waals surface area contributed by atoms with Gasteiger partial charge in [0.2, 0.25) is 5.91 Å². The first-order valence-electron chi connectivity index (χ1n) is 6.76. The van der Waals surface area contributed by atoms with E-state index in [1.54, 1.807) is 16.2 Å². The maximum Gasteiger partial charge on any atom is 0.239 e. The molecule has 2 N–H and O–H groups in total. The molecule has 1 aliphatic heterocycles. The lowest BCUT2D eigenvalue weighted by Crippen LogP contribution is -2.41. The van der Waals surface area contributed by atoms with Crippen LogP contribution in [-0.4, -0.2) is 41.7 Å². The molecular weight excluding hydrogens is 272 g/mol. The van der Waals surface area contributed by atoms with Crippen molar-refractivity contribution in [2.45, 2.75) is 25.1 Å². The molecule has 1 amide bonds. The topological polar surface area (TPSA) is 52.6 Å². The molecule has 0 saturated carbocycles. The molecule has 1 aromatic carbocycles. The Bertz CT molecular complexity index is 625. The number of benzene rings is 1. The zero-order valence-corrected chi connectivity index (χ0v) is 12.2. The normalized spacial score (nSPS) is 22.3. The number of thiophene rings is 1. The number of amides is 1. The van der Waals surface area contributed by atoms with Gasteiger partial charge in [-0.25, -0.2) is 0 Å². The fourth-order valence-corrected chi connectivity index (χ4v) is 3.61. The molecule has 0 spiro atoms. The van der Waals surface area contributed by atoms with Gasteiger partial charge >= 0.3 is 0 Å². The van der Waals surface area contributed by atoms with Crippen LogP contribution in [0.4, 0.5) is 0 Å². The average molecular weight is 290 g/mol. The van der Waals surface area contributed by atoms with E-state index in [4.69, 9.17) is 0 Å². The summed E-state index contributed by atoms with van der Waals surface area (Å²) in [6, 6.07) is 7.99. The van der Waals surface area contributed by atoms with E-state index in [0.717, 1.165) is 0 Å². The fourth-order valence-electron chi connectivity index (χ4n) is 2.66. The van der Waals surface area contributed by atoms with Crippen LogP contribution in [0, 0.1) is 0 Å². The van der Waals surface area contributed by atoms with E-state index >= 15 is 0 Å². The molecule has 1 saturated heterocycles. The van der Waals surface area contributed by atoms with Gasteiger partial charge in [-0.1, -0.05) is 18.2 Å². The smallest absolute Gasteiger partial charge is 0.239 e. The van der Waals surface area contributed by atoms with Crippen LogP contribution in [0.3, 0.4) is 0 Å². The lowest BCUT2D eigenvalue weighted by atomic mass is 10.1. The maximum atomic E-state index is 12.3. The summed E-state index contributed by atoms with van der Waals surface area (Å²) in [5.74, 6) is 0.0526. The van der Waals surface area contributed by atoms with Gasteiger partial charge in [-0.3, -0.25) is 4.79 Å². The number of hydrogen-bond donors (Lipinski definition) is 2. The summed E-state index contributed by atoms with van der Waals surface area (Å²) in [4.78, 5) is 14.0. The minimum Gasteiger partial charge on any atom is -0.392 e. The highest BCUT2D eigenvalue weighted by molar-refractivity contribution is 7.17. The van der Waals surface area contributed by atoms with E-state index in [-0.39, 0.29) is 11.9 Å². The third-order valence-electron chi connectivity index (χ3n) is 3.75. The molecule has 2 heterocycles. The van der Waals surface area contributed by atoms with E-state index in [2.05, 4.69) is 22.8 Å². The highest BCUT2D eigenvalue weighted by Crippen LogP contribution is 2.26. The second-order valence-corrected chi connectivity index (χ2v) is 6.21. The fraction of sp³-hybridized carbons (Fsp3) is 0.400. The second kappa shape index (κ2) is 5.52. The standard InChI is InChI=1S/C15H18N2O2S/c1-17(15(19)13-6-11(18)7-16-13)8-10-9-20-14-5-3-2-4-12(10)14/h2-5,9,11,13,16,18H,6-8H2,1H3/t11-,13-/m1/s1. The predicted octanol–water partition coefficient (Wildman–Crippen LogP) is 1.58. The summed E-state index contributed by atoms with van der Waals surface area (Å²) < 4.78 is 1.25. The van der Waals surface area contributed by atoms with Gasteiger partial charge in [-0.15, -0.1) is 11.3 Å². The molecule has 0 aliphatic carbocycles. The lowest BCUT2D eigenvalue weighted by molar-refractivity contribution is -0.132. The number of likely N-dealkylation sites (N-methyl/N-ethyl adjacent to an activating group) is 1. The largest absolute Gasteiger partial charge is 0.392 e. The summed E-state index contributed by atoms with van der Waals surface area (Å²) in [5.41, 5.74) is 1.18.